The molecule has 1 aromatic carbocycles. The van der Waals surface area contributed by atoms with Crippen LogP contribution >= 0.6 is 11.8 Å². The lowest BCUT2D eigenvalue weighted by Gasteiger charge is -2.07. The molecule has 0 saturated carbocycles. The molecule has 26 heavy (non-hydrogen) atoms. The number of carbonyl (C=O) groups excluding carboxylic acids is 2. The molecule has 1 aliphatic rings. The highest BCUT2D eigenvalue weighted by Crippen LogP contribution is 2.26. The van der Waals surface area contributed by atoms with Crippen LogP contribution in [0.3, 0.4) is 0 Å². The van der Waals surface area contributed by atoms with Crippen LogP contribution in [-0.2, 0) is 17.6 Å². The maximum absolute atomic E-state index is 11.5. The van der Waals surface area contributed by atoms with E-state index in [1.165, 1.54) is 0 Å². The molecular weight excluding hydrogens is 352 g/mol. The second-order valence-corrected chi connectivity index (χ2v) is 6.67. The Hall–Kier alpha value is -2.64. The summed E-state index contributed by atoms with van der Waals surface area (Å²) in [7, 11) is 0. The summed E-state index contributed by atoms with van der Waals surface area (Å²) in [5, 5.41) is 10.8. The summed E-state index contributed by atoms with van der Waals surface area (Å²) < 4.78 is 5.71. The third kappa shape index (κ3) is 4.93. The molecule has 2 aromatic rings. The fourth-order valence-electron chi connectivity index (χ4n) is 2.39. The molecule has 0 spiro atoms. The molecule has 3 rings (SSSR count). The van der Waals surface area contributed by atoms with Gasteiger partial charge in [0.05, 0.1) is 11.5 Å². The van der Waals surface area contributed by atoms with E-state index in [0.29, 0.717) is 24.4 Å². The van der Waals surface area contributed by atoms with Gasteiger partial charge in [-0.05, 0) is 53.6 Å². The van der Waals surface area contributed by atoms with Gasteiger partial charge >= 0.3 is 0 Å². The number of carbonyl (C=O) groups is 2. The number of ether oxygens (including phenoxy) is 1. The van der Waals surface area contributed by atoms with E-state index >= 15 is 0 Å². The monoisotopic (exact) mass is 370 g/mol. The van der Waals surface area contributed by atoms with Gasteiger partial charge in [-0.15, -0.1) is 0 Å². The Morgan fingerprint density at radius 1 is 1.12 bits per heavy atom. The largest absolute Gasteiger partial charge is 0.493 e. The number of aliphatic hydroxyl groups excluding tert-OH is 1. The fourth-order valence-corrected chi connectivity index (χ4v) is 3.07. The number of hydrogen-bond donors (Lipinski definition) is 2. The highest BCUT2D eigenvalue weighted by molar-refractivity contribution is 8.18. The van der Waals surface area contributed by atoms with Crippen LogP contribution in [0.2, 0.25) is 0 Å². The molecule has 1 aliphatic heterocycles. The van der Waals surface area contributed by atoms with Gasteiger partial charge < -0.3 is 9.84 Å². The van der Waals surface area contributed by atoms with Crippen molar-refractivity contribution in [2.24, 2.45) is 0 Å². The number of rotatable bonds is 7. The lowest BCUT2D eigenvalue weighted by molar-refractivity contribution is -0.115. The Morgan fingerprint density at radius 3 is 2.54 bits per heavy atom. The molecule has 0 aliphatic carbocycles. The van der Waals surface area contributed by atoms with Crippen molar-refractivity contribution >= 4 is 29.0 Å². The molecule has 1 saturated heterocycles. The zero-order chi connectivity index (χ0) is 18.4. The topological polar surface area (TPSA) is 88.5 Å². The van der Waals surface area contributed by atoms with Crippen molar-refractivity contribution in [2.45, 2.75) is 12.8 Å². The maximum atomic E-state index is 11.5. The van der Waals surface area contributed by atoms with E-state index in [0.717, 1.165) is 34.3 Å². The van der Waals surface area contributed by atoms with Gasteiger partial charge in [-0.3, -0.25) is 19.9 Å². The van der Waals surface area contributed by atoms with Crippen LogP contribution < -0.4 is 10.1 Å². The lowest BCUT2D eigenvalue weighted by atomic mass is 10.2. The molecule has 2 heterocycles. The van der Waals surface area contributed by atoms with Crippen molar-refractivity contribution in [3.8, 4) is 5.75 Å². The number of amides is 2. The zero-order valence-electron chi connectivity index (χ0n) is 14.0. The molecule has 6 nitrogen and oxygen atoms in total. The Labute approximate surface area is 155 Å². The van der Waals surface area contributed by atoms with Crippen LogP contribution in [-0.4, -0.2) is 34.5 Å². The maximum Gasteiger partial charge on any atom is 0.290 e. The van der Waals surface area contributed by atoms with Gasteiger partial charge in [0, 0.05) is 24.9 Å². The molecule has 0 unspecified atom stereocenters. The number of aliphatic hydroxyl groups is 1. The number of pyridine rings is 1. The molecule has 0 radical (unpaired) electrons. The first-order valence-electron chi connectivity index (χ1n) is 8.16. The van der Waals surface area contributed by atoms with Crippen LogP contribution in [0.4, 0.5) is 4.79 Å². The predicted octanol–water partition coefficient (Wildman–Crippen LogP) is 2.56. The van der Waals surface area contributed by atoms with Crippen LogP contribution in [0.25, 0.3) is 6.08 Å². The van der Waals surface area contributed by atoms with Crippen molar-refractivity contribution in [1.82, 2.24) is 10.3 Å². The molecule has 0 atom stereocenters. The lowest BCUT2D eigenvalue weighted by Crippen LogP contribution is -2.17. The van der Waals surface area contributed by atoms with E-state index in [2.05, 4.69) is 10.3 Å². The minimum absolute atomic E-state index is 0.122. The van der Waals surface area contributed by atoms with Crippen molar-refractivity contribution in [2.75, 3.05) is 13.2 Å². The highest BCUT2D eigenvalue weighted by Gasteiger charge is 2.24. The number of thioether (sulfide) groups is 1. The number of nitrogens with one attached hydrogen (secondary N) is 1. The van der Waals surface area contributed by atoms with Gasteiger partial charge in [-0.2, -0.15) is 0 Å². The first-order chi connectivity index (χ1) is 12.6. The van der Waals surface area contributed by atoms with Crippen molar-refractivity contribution in [3.05, 3.63) is 64.3 Å². The molecule has 134 valence electrons. The summed E-state index contributed by atoms with van der Waals surface area (Å²) in [6.07, 6.45) is 4.74. The van der Waals surface area contributed by atoms with E-state index in [4.69, 9.17) is 9.84 Å². The Bertz CT molecular complexity index is 816. The van der Waals surface area contributed by atoms with Gasteiger partial charge in [-0.25, -0.2) is 0 Å². The second kappa shape index (κ2) is 8.64. The van der Waals surface area contributed by atoms with E-state index < -0.39 is 0 Å². The Morgan fingerprint density at radius 2 is 1.92 bits per heavy atom. The van der Waals surface area contributed by atoms with E-state index in [9.17, 15) is 9.59 Å². The average molecular weight is 370 g/mol. The molecule has 1 fully saturated rings. The molecular formula is C19H18N2O4S. The minimum atomic E-state index is -0.363. The quantitative estimate of drug-likeness (QED) is 0.728. The summed E-state index contributed by atoms with van der Waals surface area (Å²) in [5.74, 6) is 0.362. The van der Waals surface area contributed by atoms with Crippen LogP contribution in [0.5, 0.6) is 5.75 Å². The summed E-state index contributed by atoms with van der Waals surface area (Å²) in [4.78, 5) is 27.4. The number of aromatic nitrogens is 1. The first-order valence-corrected chi connectivity index (χ1v) is 8.98. The molecule has 7 heteroatoms. The third-order valence-electron chi connectivity index (χ3n) is 3.73. The van der Waals surface area contributed by atoms with E-state index in [1.807, 2.05) is 36.4 Å². The van der Waals surface area contributed by atoms with Crippen LogP contribution in [0.15, 0.2) is 47.5 Å². The fraction of sp³-hybridized carbons (Fsp3) is 0.211. The van der Waals surface area contributed by atoms with Crippen molar-refractivity contribution in [3.63, 3.8) is 0 Å². The van der Waals surface area contributed by atoms with Gasteiger partial charge in [0.1, 0.15) is 5.75 Å². The predicted molar refractivity (Wildman–Crippen MR) is 99.8 cm³/mol. The van der Waals surface area contributed by atoms with Crippen molar-refractivity contribution in [1.29, 1.82) is 0 Å². The Kier molecular flexibility index (Phi) is 6.04. The number of nitrogens with zero attached hydrogens (tertiary/aromatic N) is 1. The zero-order valence-corrected chi connectivity index (χ0v) is 14.8. The summed E-state index contributed by atoms with van der Waals surface area (Å²) >= 11 is 0.898. The van der Waals surface area contributed by atoms with Crippen LogP contribution in [0, 0.1) is 0 Å². The average Bonchev–Trinajstić information content (AvgIpc) is 2.95. The SMILES string of the molecule is O=C1NC(=O)/C(=C/c2ccc(OCCc3ccc(CCO)cn3)cc2)S1. The smallest absolute Gasteiger partial charge is 0.290 e. The van der Waals surface area contributed by atoms with Gasteiger partial charge in [-0.1, -0.05) is 18.2 Å². The van der Waals surface area contributed by atoms with Gasteiger partial charge in [0.2, 0.25) is 0 Å². The van der Waals surface area contributed by atoms with Gasteiger partial charge in [0.15, 0.2) is 0 Å². The number of hydrogen-bond acceptors (Lipinski definition) is 6. The Balaban J connectivity index is 1.51. The number of benzene rings is 1. The molecule has 2 N–H and O–H groups in total. The summed E-state index contributed by atoms with van der Waals surface area (Å²) in [5.41, 5.74) is 2.77. The van der Waals surface area contributed by atoms with Crippen LogP contribution in [0.1, 0.15) is 16.8 Å². The minimum Gasteiger partial charge on any atom is -0.493 e. The summed E-state index contributed by atoms with van der Waals surface area (Å²) in [6.45, 7) is 0.621. The second-order valence-electron chi connectivity index (χ2n) is 5.65. The molecule has 0 bridgehead atoms. The third-order valence-corrected chi connectivity index (χ3v) is 4.54. The first kappa shape index (κ1) is 18.2. The normalized spacial score (nSPS) is 15.3. The highest BCUT2D eigenvalue weighted by atomic mass is 32.2. The molecule has 2 amide bonds. The molecule has 1 aromatic heterocycles. The van der Waals surface area contributed by atoms with E-state index in [-0.39, 0.29) is 17.8 Å². The van der Waals surface area contributed by atoms with Crippen molar-refractivity contribution < 1.29 is 19.4 Å². The summed E-state index contributed by atoms with van der Waals surface area (Å²) in [6, 6.07) is 11.2. The number of imide groups is 1. The standard InChI is InChI=1S/C19H18N2O4S/c22-9-7-14-1-4-15(20-12-14)8-10-25-16-5-2-13(3-6-16)11-17-18(23)21-19(24)26-17/h1-6,11-12,22H,7-10H2,(H,21,23,24)/b17-11-. The van der Waals surface area contributed by atoms with Gasteiger partial charge in [0.25, 0.3) is 11.1 Å². The van der Waals surface area contributed by atoms with E-state index in [1.54, 1.807) is 12.3 Å².